The van der Waals surface area contributed by atoms with Crippen molar-refractivity contribution in [2.45, 2.75) is 17.2 Å². The normalized spacial score (nSPS) is 10.7. The molecule has 0 aromatic heterocycles. The molecule has 0 radical (unpaired) electrons. The Hall–Kier alpha value is -1.03. The largest absolute Gasteiger partial charge is 0.316 e. The first kappa shape index (κ1) is 14.4. The Morgan fingerprint density at radius 2 is 2.00 bits per heavy atom. The van der Waals surface area contributed by atoms with Crippen molar-refractivity contribution in [2.24, 2.45) is 0 Å². The van der Waals surface area contributed by atoms with Crippen LogP contribution in [0.2, 0.25) is 5.02 Å². The average molecular weight is 296 g/mol. The van der Waals surface area contributed by atoms with Crippen LogP contribution in [0.25, 0.3) is 0 Å². The van der Waals surface area contributed by atoms with Gasteiger partial charge in [-0.2, -0.15) is 0 Å². The fourth-order valence-corrected chi connectivity index (χ4v) is 3.07. The molecule has 2 rings (SSSR count). The van der Waals surface area contributed by atoms with Crippen molar-refractivity contribution >= 4 is 23.4 Å². The summed E-state index contributed by atoms with van der Waals surface area (Å²) in [5, 5.41) is 3.78. The van der Waals surface area contributed by atoms with E-state index in [9.17, 15) is 4.39 Å². The summed E-state index contributed by atoms with van der Waals surface area (Å²) in [6.45, 7) is 0.664. The van der Waals surface area contributed by atoms with Crippen LogP contribution < -0.4 is 5.32 Å². The molecule has 2 aromatic rings. The van der Waals surface area contributed by atoms with Crippen LogP contribution in [0.1, 0.15) is 11.1 Å². The molecule has 0 unspecified atom stereocenters. The minimum atomic E-state index is -0.200. The van der Waals surface area contributed by atoms with E-state index in [1.165, 1.54) is 0 Å². The lowest BCUT2D eigenvalue weighted by Crippen LogP contribution is -2.05. The minimum Gasteiger partial charge on any atom is -0.316 e. The van der Waals surface area contributed by atoms with Crippen LogP contribution in [0.4, 0.5) is 4.39 Å². The Balaban J connectivity index is 2.09. The van der Waals surface area contributed by atoms with Gasteiger partial charge in [-0.3, -0.25) is 0 Å². The molecule has 1 nitrogen and oxygen atoms in total. The summed E-state index contributed by atoms with van der Waals surface area (Å²) in [6.07, 6.45) is 0. The van der Waals surface area contributed by atoms with Gasteiger partial charge in [-0.15, -0.1) is 11.8 Å². The Bertz CT molecular complexity index is 560. The highest BCUT2D eigenvalue weighted by Crippen LogP contribution is 2.27. The van der Waals surface area contributed by atoms with Crippen molar-refractivity contribution in [1.82, 2.24) is 5.32 Å². The van der Waals surface area contributed by atoms with Gasteiger partial charge in [0.1, 0.15) is 5.82 Å². The highest BCUT2D eigenvalue weighted by atomic mass is 35.5. The molecule has 0 aliphatic heterocycles. The molecule has 0 spiro atoms. The maximum Gasteiger partial charge on any atom is 0.124 e. The number of rotatable bonds is 5. The number of hydrogen-bond acceptors (Lipinski definition) is 2. The number of nitrogens with one attached hydrogen (secondary N) is 1. The predicted octanol–water partition coefficient (Wildman–Crippen LogP) is 4.49. The lowest BCUT2D eigenvalue weighted by molar-refractivity contribution is 0.619. The number of hydrogen-bond donors (Lipinski definition) is 1. The topological polar surface area (TPSA) is 12.0 Å². The monoisotopic (exact) mass is 295 g/mol. The van der Waals surface area contributed by atoms with Crippen LogP contribution >= 0.6 is 23.4 Å². The van der Waals surface area contributed by atoms with Gasteiger partial charge in [-0.1, -0.05) is 29.8 Å². The molecule has 0 saturated heterocycles. The molecule has 0 aliphatic carbocycles. The van der Waals surface area contributed by atoms with E-state index >= 15 is 0 Å². The third kappa shape index (κ3) is 4.23. The highest BCUT2D eigenvalue weighted by Gasteiger charge is 2.04. The minimum absolute atomic E-state index is 0.200. The van der Waals surface area contributed by atoms with E-state index in [2.05, 4.69) is 5.32 Å². The van der Waals surface area contributed by atoms with E-state index in [-0.39, 0.29) is 5.82 Å². The Morgan fingerprint density at radius 3 is 2.74 bits per heavy atom. The first-order valence-corrected chi connectivity index (χ1v) is 7.35. The number of benzene rings is 2. The van der Waals surface area contributed by atoms with Gasteiger partial charge in [0.25, 0.3) is 0 Å². The molecule has 2 aromatic carbocycles. The molecule has 0 bridgehead atoms. The van der Waals surface area contributed by atoms with E-state index < -0.39 is 0 Å². The summed E-state index contributed by atoms with van der Waals surface area (Å²) in [6, 6.07) is 12.8. The first-order valence-electron chi connectivity index (χ1n) is 5.99. The number of thioether (sulfide) groups is 1. The molecule has 0 atom stereocenters. The third-order valence-electron chi connectivity index (χ3n) is 2.66. The van der Waals surface area contributed by atoms with Crippen molar-refractivity contribution in [2.75, 3.05) is 7.05 Å². The van der Waals surface area contributed by atoms with Crippen molar-refractivity contribution < 1.29 is 4.39 Å². The Labute approximate surface area is 122 Å². The summed E-state index contributed by atoms with van der Waals surface area (Å²) in [7, 11) is 1.85. The van der Waals surface area contributed by atoms with Crippen LogP contribution in [0, 0.1) is 5.82 Å². The molecule has 1 N–H and O–H groups in total. The molecule has 0 amide bonds. The van der Waals surface area contributed by atoms with Gasteiger partial charge in [0.2, 0.25) is 0 Å². The molecular formula is C15H15ClFNS. The van der Waals surface area contributed by atoms with Crippen molar-refractivity contribution in [1.29, 1.82) is 0 Å². The van der Waals surface area contributed by atoms with Gasteiger partial charge in [0, 0.05) is 22.2 Å². The SMILES string of the molecule is CNCc1cc(F)cc(SCc2ccccc2Cl)c1. The fraction of sp³-hybridized carbons (Fsp3) is 0.200. The second-order valence-corrected chi connectivity index (χ2v) is 5.66. The zero-order chi connectivity index (χ0) is 13.7. The van der Waals surface area contributed by atoms with Crippen molar-refractivity contribution in [3.63, 3.8) is 0 Å². The molecule has 100 valence electrons. The van der Waals surface area contributed by atoms with Crippen molar-refractivity contribution in [3.05, 3.63) is 64.4 Å². The van der Waals surface area contributed by atoms with Gasteiger partial charge in [0.05, 0.1) is 0 Å². The summed E-state index contributed by atoms with van der Waals surface area (Å²) in [5.41, 5.74) is 2.01. The third-order valence-corrected chi connectivity index (χ3v) is 4.06. The summed E-state index contributed by atoms with van der Waals surface area (Å²) in [5.74, 6) is 0.539. The van der Waals surface area contributed by atoms with Gasteiger partial charge in [-0.05, 0) is 42.4 Å². The van der Waals surface area contributed by atoms with E-state index in [4.69, 9.17) is 11.6 Å². The highest BCUT2D eigenvalue weighted by molar-refractivity contribution is 7.98. The summed E-state index contributed by atoms with van der Waals surface area (Å²) in [4.78, 5) is 0.921. The van der Waals surface area contributed by atoms with Gasteiger partial charge in [-0.25, -0.2) is 4.39 Å². The zero-order valence-electron chi connectivity index (χ0n) is 10.6. The predicted molar refractivity (Wildman–Crippen MR) is 80.2 cm³/mol. The lowest BCUT2D eigenvalue weighted by Gasteiger charge is -2.07. The standard InChI is InChI=1S/C15H15ClFNS/c1-18-9-11-6-13(17)8-14(7-11)19-10-12-4-2-3-5-15(12)16/h2-8,18H,9-10H2,1H3. The Morgan fingerprint density at radius 1 is 1.21 bits per heavy atom. The van der Waals surface area contributed by atoms with Crippen LogP contribution in [0.3, 0.4) is 0 Å². The maximum atomic E-state index is 13.5. The molecule has 0 saturated carbocycles. The van der Waals surface area contributed by atoms with Gasteiger partial charge in [0.15, 0.2) is 0 Å². The molecule has 4 heteroatoms. The summed E-state index contributed by atoms with van der Waals surface area (Å²) < 4.78 is 13.5. The lowest BCUT2D eigenvalue weighted by atomic mass is 10.2. The summed E-state index contributed by atoms with van der Waals surface area (Å²) >= 11 is 7.69. The van der Waals surface area contributed by atoms with Crippen LogP contribution in [-0.4, -0.2) is 7.05 Å². The maximum absolute atomic E-state index is 13.5. The van der Waals surface area contributed by atoms with Crippen LogP contribution in [0.15, 0.2) is 47.4 Å². The Kier molecular flexibility index (Phi) is 5.25. The molecule has 19 heavy (non-hydrogen) atoms. The quantitative estimate of drug-likeness (QED) is 0.816. The average Bonchev–Trinajstić information content (AvgIpc) is 2.37. The second-order valence-electron chi connectivity index (χ2n) is 4.21. The zero-order valence-corrected chi connectivity index (χ0v) is 12.2. The van der Waals surface area contributed by atoms with Crippen molar-refractivity contribution in [3.8, 4) is 0 Å². The van der Waals surface area contributed by atoms with Gasteiger partial charge < -0.3 is 5.32 Å². The molecule has 0 aliphatic rings. The molecular weight excluding hydrogens is 281 g/mol. The van der Waals surface area contributed by atoms with E-state index in [1.54, 1.807) is 23.9 Å². The van der Waals surface area contributed by atoms with Crippen LogP contribution in [-0.2, 0) is 12.3 Å². The first-order chi connectivity index (χ1) is 9.19. The fourth-order valence-electron chi connectivity index (χ4n) is 1.79. The van der Waals surface area contributed by atoms with E-state index in [0.29, 0.717) is 6.54 Å². The smallest absolute Gasteiger partial charge is 0.124 e. The van der Waals surface area contributed by atoms with Crippen LogP contribution in [0.5, 0.6) is 0 Å². The molecule has 0 heterocycles. The van der Waals surface area contributed by atoms with Gasteiger partial charge >= 0.3 is 0 Å². The molecule has 0 fully saturated rings. The second kappa shape index (κ2) is 6.94. The van der Waals surface area contributed by atoms with E-state index in [1.807, 2.05) is 37.4 Å². The van der Waals surface area contributed by atoms with E-state index in [0.717, 1.165) is 26.8 Å². The number of halogens is 2.